The summed E-state index contributed by atoms with van der Waals surface area (Å²) in [7, 11) is 0. The van der Waals surface area contributed by atoms with Gasteiger partial charge in [-0.05, 0) is 331 Å². The molecule has 29 nitrogen and oxygen atoms in total. The van der Waals surface area contributed by atoms with E-state index in [1.165, 1.54) is 16.7 Å². The van der Waals surface area contributed by atoms with Crippen molar-refractivity contribution in [1.82, 2.24) is 0 Å². The molecule has 29 heteroatoms. The fourth-order valence-electron chi connectivity index (χ4n) is 12.0. The second kappa shape index (κ2) is 103. The van der Waals surface area contributed by atoms with E-state index in [1.54, 1.807) is 12.5 Å². The summed E-state index contributed by atoms with van der Waals surface area (Å²) < 4.78 is 137. The third kappa shape index (κ3) is 102. The molecule has 4 aromatic carbocycles. The molecule has 0 bridgehead atoms. The van der Waals surface area contributed by atoms with Gasteiger partial charge >= 0.3 is 0 Å². The molecule has 1 aromatic heterocycles. The highest BCUT2D eigenvalue weighted by Crippen LogP contribution is 2.34. The molecule has 0 saturated heterocycles. The minimum atomic E-state index is -0.0727. The van der Waals surface area contributed by atoms with E-state index in [-0.39, 0.29) is 66.5 Å². The van der Waals surface area contributed by atoms with Crippen molar-refractivity contribution in [2.24, 2.45) is 0 Å². The molecule has 0 spiro atoms. The summed E-state index contributed by atoms with van der Waals surface area (Å²) in [5.41, 5.74) is 6.77. The van der Waals surface area contributed by atoms with Crippen LogP contribution in [0, 0.1) is 0 Å². The van der Waals surface area contributed by atoms with Gasteiger partial charge in [0.25, 0.3) is 0 Å². The Morgan fingerprint density at radius 1 is 0.260 bits per heavy atom. The second-order valence-electron chi connectivity index (χ2n) is 38.3. The Hall–Kier alpha value is -6.92. The van der Waals surface area contributed by atoms with Crippen LogP contribution in [0.3, 0.4) is 0 Å². The normalized spacial score (nSPS) is 12.7. The zero-order valence-corrected chi connectivity index (χ0v) is 97.8. The smallest absolute Gasteiger partial charge is 0.163 e. The Morgan fingerprint density at radius 3 is 0.877 bits per heavy atom. The summed E-state index contributed by atoms with van der Waals surface area (Å²) in [5.74, 6) is 4.00. The maximum absolute atomic E-state index is 8.00. The molecule has 5 aromatic rings. The third-order valence-electron chi connectivity index (χ3n) is 18.7. The van der Waals surface area contributed by atoms with Crippen molar-refractivity contribution < 1.29 is 137 Å². The first-order valence-corrected chi connectivity index (χ1v) is 52.9. The van der Waals surface area contributed by atoms with E-state index in [0.717, 1.165) is 104 Å². The Bertz CT molecular complexity index is 3440. The van der Waals surface area contributed by atoms with Gasteiger partial charge in [0.1, 0.15) is 89.5 Å². The number of carbonyl (C=O) groups is 4. The van der Waals surface area contributed by atoms with Gasteiger partial charge in [0, 0.05) is 31.3 Å². The van der Waals surface area contributed by atoms with Crippen LogP contribution in [0.25, 0.3) is 0 Å². The topological polar surface area (TPSA) is 303 Å². The highest BCUT2D eigenvalue weighted by Gasteiger charge is 2.25. The number of carbonyl (C=O) groups excluding carboxylic acids is 4. The second-order valence-corrected chi connectivity index (χ2v) is 38.3. The molecule has 0 amide bonds. The Balaban J connectivity index is -0.000000386. The average molecular weight is 2080 g/mol. The molecule has 1 aliphatic carbocycles. The summed E-state index contributed by atoms with van der Waals surface area (Å²) in [4.78, 5) is 32.0. The van der Waals surface area contributed by atoms with E-state index in [4.69, 9.17) is 137 Å². The van der Waals surface area contributed by atoms with E-state index in [2.05, 4.69) is 119 Å². The zero-order chi connectivity index (χ0) is 112. The number of furan rings is 1. The molecule has 1 aliphatic rings. The number of ether oxygens (including phenoxy) is 24. The minimum absolute atomic E-state index is 0.0727. The SMILES string of the molecule is C=O.C=O.C=O.C=O.CC(C)OC1CCC(OC(C)C)CC1.CC(C)OCCCCOC(C)C.CC(C)OCCOC(C)C.CC(C)OCCOc1cc(COC(C)C)cc(OCCOC(C)C)c1.CC(C)OCCOc1ccc(C(C)(C)c2ccc(COC(C)C)cc2)cc1.CC(C)OCCOc1cccc(COC(C)C)c1.CC(C)OCCOc1cocc1COC(C)C.CCOCCOCCOCCOC(C)C. The van der Waals surface area contributed by atoms with Crippen molar-refractivity contribution in [3.8, 4) is 28.7 Å². The summed E-state index contributed by atoms with van der Waals surface area (Å²) in [6.45, 7) is 95.2. The summed E-state index contributed by atoms with van der Waals surface area (Å²) in [6.07, 6.45) is 15.4. The lowest BCUT2D eigenvalue weighted by Crippen LogP contribution is -2.29. The maximum Gasteiger partial charge on any atom is 0.163 e. The predicted octanol–water partition coefficient (Wildman–Crippen LogP) is 24.7. The van der Waals surface area contributed by atoms with Crippen LogP contribution in [0.15, 0.2) is 108 Å². The highest BCUT2D eigenvalue weighted by atomic mass is 16.6. The fraction of sp³-hybridized carbons (Fsp3) is 0.726. The number of rotatable bonds is 66. The van der Waals surface area contributed by atoms with E-state index in [9.17, 15) is 0 Å². The molecule has 146 heavy (non-hydrogen) atoms. The monoisotopic (exact) mass is 2080 g/mol. The van der Waals surface area contributed by atoms with Gasteiger partial charge in [-0.2, -0.15) is 0 Å². The van der Waals surface area contributed by atoms with E-state index in [0.29, 0.717) is 194 Å². The van der Waals surface area contributed by atoms with Crippen LogP contribution in [0.1, 0.15) is 314 Å². The molecular formula is C117H210O29. The van der Waals surface area contributed by atoms with Crippen molar-refractivity contribution >= 4 is 27.2 Å². The van der Waals surface area contributed by atoms with Crippen LogP contribution < -0.4 is 23.7 Å². The van der Waals surface area contributed by atoms with Crippen LogP contribution in [-0.2, 0) is 141 Å². The lowest BCUT2D eigenvalue weighted by atomic mass is 9.78. The van der Waals surface area contributed by atoms with Crippen LogP contribution >= 0.6 is 0 Å². The van der Waals surface area contributed by atoms with E-state index >= 15 is 0 Å². The van der Waals surface area contributed by atoms with Crippen molar-refractivity contribution in [2.75, 3.05) is 139 Å². The van der Waals surface area contributed by atoms with Crippen molar-refractivity contribution in [2.45, 2.75) is 423 Å². The standard InChI is InChI=1S/C24H34O3.C20H34O5.C15H24O3.C13H22O4.C12H24O2.C11H24O4.C10H22O2.C8H18O2.4CH2O/c1-18(2)25-15-16-26-23-13-11-22(12-14-23)24(5,6)21-9-7-20(8-10-21)17-27-19(3)4;1-15(2)21-7-9-23-19-11-18(14-25-17(5)6)12-20(13-19)24-10-8-22-16(3)4;1-12(2)16-8-9-17-15-7-5-6-14(10-15)11-18-13(3)4;1-10(2)15-5-6-16-13-9-14-7-12(13)8-17-11(3)4;1-9(2)13-11-5-7-12(8-6-11)14-10(3)4;1-4-12-5-6-13-7-8-14-9-10-15-11(2)3;1-9(2)11-7-5-6-8-12-10(3)4;1-7(2)9-5-6-10-8(3)4;4*1-2/h7-14,18-19H,15-17H2,1-6H3;11-13,15-17H,7-10,14H2,1-6H3;5-7,10,12-13H,8-9,11H2,1-4H3;7,9-11H,5-6,8H2,1-4H3;9-12H,5-8H2,1-4H3;11H,4-10H2,1-3H3;9-10H,5-8H2,1-4H3;7-8H,5-6H2,1-4H3;4*1H2. The lowest BCUT2D eigenvalue weighted by molar-refractivity contribution is -0.0987. The quantitative estimate of drug-likeness (QED) is 0.0327. The molecule has 6 rings (SSSR count). The van der Waals surface area contributed by atoms with E-state index < -0.39 is 0 Å². The van der Waals surface area contributed by atoms with Gasteiger partial charge in [-0.25, -0.2) is 0 Å². The van der Waals surface area contributed by atoms with Crippen molar-refractivity contribution in [3.05, 3.63) is 137 Å². The van der Waals surface area contributed by atoms with Gasteiger partial charge in [-0.1, -0.05) is 62.4 Å². The molecule has 1 saturated carbocycles. The van der Waals surface area contributed by atoms with Gasteiger partial charge in [0.2, 0.25) is 0 Å². The molecule has 1 fully saturated rings. The van der Waals surface area contributed by atoms with E-state index in [1.807, 2.05) is 241 Å². The van der Waals surface area contributed by atoms with Crippen LogP contribution in [0.2, 0.25) is 0 Å². The molecule has 0 unspecified atom stereocenters. The highest BCUT2D eigenvalue weighted by molar-refractivity contribution is 5.41. The molecule has 0 N–H and O–H groups in total. The lowest BCUT2D eigenvalue weighted by Gasteiger charge is -2.30. The van der Waals surface area contributed by atoms with Crippen LogP contribution in [-0.4, -0.2) is 276 Å². The van der Waals surface area contributed by atoms with Gasteiger partial charge in [-0.3, -0.25) is 0 Å². The molecule has 852 valence electrons. The predicted molar refractivity (Wildman–Crippen MR) is 589 cm³/mol. The van der Waals surface area contributed by atoms with Gasteiger partial charge < -0.3 is 137 Å². The Morgan fingerprint density at radius 2 is 0.534 bits per heavy atom. The molecule has 0 atom stereocenters. The Labute approximate surface area is 886 Å². The molecule has 1 heterocycles. The van der Waals surface area contributed by atoms with Gasteiger partial charge in [-0.15, -0.1) is 0 Å². The molecular weight excluding hydrogens is 1870 g/mol. The average Bonchev–Trinajstić information content (AvgIpc) is 0.867. The number of hydrogen-bond donors (Lipinski definition) is 0. The van der Waals surface area contributed by atoms with Crippen LogP contribution in [0.5, 0.6) is 28.7 Å². The first kappa shape index (κ1) is 150. The number of benzene rings is 4. The summed E-state index contributed by atoms with van der Waals surface area (Å²) in [6, 6.07) is 30.9. The first-order valence-electron chi connectivity index (χ1n) is 52.9. The van der Waals surface area contributed by atoms with Crippen LogP contribution in [0.4, 0.5) is 0 Å². The molecule has 0 radical (unpaired) electrons. The zero-order valence-electron chi connectivity index (χ0n) is 97.8. The summed E-state index contributed by atoms with van der Waals surface area (Å²) >= 11 is 0. The van der Waals surface area contributed by atoms with Gasteiger partial charge in [0.15, 0.2) is 5.75 Å². The minimum Gasteiger partial charge on any atom is -0.491 e. The summed E-state index contributed by atoms with van der Waals surface area (Å²) in [5, 5.41) is 0. The number of unbranched alkanes of at least 4 members (excludes halogenated alkanes) is 1. The fourth-order valence-corrected chi connectivity index (χ4v) is 12.0. The molecule has 0 aliphatic heterocycles. The Kier molecular flexibility index (Phi) is 105. The third-order valence-corrected chi connectivity index (χ3v) is 18.7. The number of hydrogen-bond acceptors (Lipinski definition) is 29. The maximum atomic E-state index is 8.00. The largest absolute Gasteiger partial charge is 0.491 e. The van der Waals surface area contributed by atoms with Crippen molar-refractivity contribution in [3.63, 3.8) is 0 Å². The van der Waals surface area contributed by atoms with Crippen molar-refractivity contribution in [1.29, 1.82) is 0 Å². The van der Waals surface area contributed by atoms with Gasteiger partial charge in [0.05, 0.1) is 234 Å². The first-order chi connectivity index (χ1) is 69.4.